The minimum absolute atomic E-state index is 0.0100. The Labute approximate surface area is 218 Å². The predicted molar refractivity (Wildman–Crippen MR) is 141 cm³/mol. The van der Waals surface area contributed by atoms with Crippen molar-refractivity contribution in [2.45, 2.75) is 39.0 Å². The maximum absolute atomic E-state index is 12.1. The first-order valence-electron chi connectivity index (χ1n) is 12.8. The van der Waals surface area contributed by atoms with Gasteiger partial charge in [-0.05, 0) is 37.5 Å². The summed E-state index contributed by atoms with van der Waals surface area (Å²) < 4.78 is 10.6. The molecule has 1 aromatic heterocycles. The Morgan fingerprint density at radius 2 is 1.92 bits per heavy atom. The number of ether oxygens (including phenoxy) is 2. The van der Waals surface area contributed by atoms with Gasteiger partial charge in [-0.3, -0.25) is 14.6 Å². The number of benzene rings is 1. The molecule has 1 N–H and O–H groups in total. The lowest BCUT2D eigenvalue weighted by atomic mass is 9.98. The summed E-state index contributed by atoms with van der Waals surface area (Å²) in [6, 6.07) is 8.75. The highest BCUT2D eigenvalue weighted by Crippen LogP contribution is 2.29. The van der Waals surface area contributed by atoms with Gasteiger partial charge in [0.15, 0.2) is 0 Å². The third-order valence-electron chi connectivity index (χ3n) is 6.99. The average Bonchev–Trinajstić information content (AvgIpc) is 2.93. The summed E-state index contributed by atoms with van der Waals surface area (Å²) >= 11 is 0. The summed E-state index contributed by atoms with van der Waals surface area (Å²) in [5.74, 6) is 1.05. The van der Waals surface area contributed by atoms with Crippen LogP contribution in [0.1, 0.15) is 49.0 Å². The van der Waals surface area contributed by atoms with E-state index in [-0.39, 0.29) is 30.7 Å². The lowest BCUT2D eigenvalue weighted by Crippen LogP contribution is -2.49. The predicted octanol–water partition coefficient (Wildman–Crippen LogP) is 3.53. The second-order valence-corrected chi connectivity index (χ2v) is 9.24. The normalized spacial score (nSPS) is 17.5. The number of cyclic esters (lactones) is 1. The topological polar surface area (TPSA) is 100 Å². The Bertz CT molecular complexity index is 1100. The second kappa shape index (κ2) is 12.2. The van der Waals surface area contributed by atoms with Crippen LogP contribution in [0, 0.1) is 0 Å². The van der Waals surface area contributed by atoms with E-state index < -0.39 is 0 Å². The lowest BCUT2D eigenvalue weighted by Gasteiger charge is -2.39. The van der Waals surface area contributed by atoms with Gasteiger partial charge in [0.2, 0.25) is 11.9 Å². The Hall–Kier alpha value is -3.50. The minimum Gasteiger partial charge on any atom is -0.444 e. The number of carbonyl (C=O) groups excluding carboxylic acids is 2. The molecule has 2 aromatic rings. The van der Waals surface area contributed by atoms with Gasteiger partial charge < -0.3 is 19.7 Å². The molecule has 1 fully saturated rings. The Kier molecular flexibility index (Phi) is 8.73. The highest BCUT2D eigenvalue weighted by atomic mass is 16.6. The van der Waals surface area contributed by atoms with Crippen LogP contribution in [0.25, 0.3) is 0 Å². The third kappa shape index (κ3) is 6.08. The number of hydrogen-bond donors (Lipinski definition) is 1. The summed E-state index contributed by atoms with van der Waals surface area (Å²) in [4.78, 5) is 38.8. The van der Waals surface area contributed by atoms with Crippen LogP contribution in [0.5, 0.6) is 0 Å². The van der Waals surface area contributed by atoms with Crippen molar-refractivity contribution in [3.8, 4) is 0 Å². The molecule has 0 spiro atoms. The molecule has 1 saturated heterocycles. The van der Waals surface area contributed by atoms with Crippen molar-refractivity contribution in [3.05, 3.63) is 59.8 Å². The van der Waals surface area contributed by atoms with Gasteiger partial charge in [-0.1, -0.05) is 30.8 Å². The molecule has 1 unspecified atom stereocenters. The third-order valence-corrected chi connectivity index (χ3v) is 6.99. The van der Waals surface area contributed by atoms with Crippen molar-refractivity contribution in [3.63, 3.8) is 0 Å². The number of piperazine rings is 1. The number of hydrogen-bond acceptors (Lipinski definition) is 8. The van der Waals surface area contributed by atoms with Gasteiger partial charge in [-0.25, -0.2) is 9.78 Å². The zero-order valence-electron chi connectivity index (χ0n) is 21.9. The molecule has 37 heavy (non-hydrogen) atoms. The molecule has 0 saturated carbocycles. The van der Waals surface area contributed by atoms with Crippen LogP contribution >= 0.6 is 0 Å². The molecule has 1 aromatic carbocycles. The number of aromatic nitrogens is 2. The molecule has 0 radical (unpaired) electrons. The largest absolute Gasteiger partial charge is 0.444 e. The van der Waals surface area contributed by atoms with Crippen molar-refractivity contribution in [1.29, 1.82) is 0 Å². The minimum atomic E-state index is -0.389. The van der Waals surface area contributed by atoms with Crippen molar-refractivity contribution in [2.75, 3.05) is 56.7 Å². The molecule has 10 heteroatoms. The standard InChI is InChI=1S/C27H36N6O4/c1-5-24(34)32-14-12-31(13-15-32)23(11-16-36-4)21-9-7-20(8-10-21)19(3)29-26-28-17-22-18-37-27(35)33(6-2)25(22)30-26/h5,7-10,17,19,23H,1,6,11-16,18H2,2-4H3,(H,28,29,30)/t19-,23?/m1/s1. The summed E-state index contributed by atoms with van der Waals surface area (Å²) in [6.07, 6.45) is 3.58. The van der Waals surface area contributed by atoms with Gasteiger partial charge in [0.1, 0.15) is 12.4 Å². The van der Waals surface area contributed by atoms with Crippen LogP contribution in [0.15, 0.2) is 43.1 Å². The van der Waals surface area contributed by atoms with E-state index in [1.807, 2.05) is 11.8 Å². The van der Waals surface area contributed by atoms with E-state index in [1.165, 1.54) is 16.5 Å². The van der Waals surface area contributed by atoms with Crippen LogP contribution in [0.3, 0.4) is 0 Å². The number of rotatable bonds is 10. The van der Waals surface area contributed by atoms with Crippen LogP contribution in [0.2, 0.25) is 0 Å². The average molecular weight is 509 g/mol. The van der Waals surface area contributed by atoms with Crippen molar-refractivity contribution >= 4 is 23.8 Å². The van der Waals surface area contributed by atoms with Gasteiger partial charge in [0.05, 0.1) is 11.6 Å². The fourth-order valence-electron chi connectivity index (χ4n) is 4.84. The molecule has 0 bridgehead atoms. The molecule has 2 atom stereocenters. The Morgan fingerprint density at radius 3 is 2.57 bits per heavy atom. The maximum atomic E-state index is 12.1. The number of nitrogens with zero attached hydrogens (tertiary/aromatic N) is 5. The maximum Gasteiger partial charge on any atom is 0.415 e. The highest BCUT2D eigenvalue weighted by molar-refractivity contribution is 5.89. The highest BCUT2D eigenvalue weighted by Gasteiger charge is 2.28. The molecule has 10 nitrogen and oxygen atoms in total. The Balaban J connectivity index is 1.44. The number of nitrogens with one attached hydrogen (secondary N) is 1. The van der Waals surface area contributed by atoms with Gasteiger partial charge in [-0.15, -0.1) is 0 Å². The van der Waals surface area contributed by atoms with E-state index in [0.717, 1.165) is 30.6 Å². The molecule has 4 rings (SSSR count). The van der Waals surface area contributed by atoms with E-state index in [4.69, 9.17) is 9.47 Å². The number of amides is 2. The first-order chi connectivity index (χ1) is 17.9. The monoisotopic (exact) mass is 508 g/mol. The van der Waals surface area contributed by atoms with Crippen LogP contribution in [-0.4, -0.2) is 78.2 Å². The first kappa shape index (κ1) is 26.6. The number of anilines is 2. The molecule has 0 aliphatic carbocycles. The van der Waals surface area contributed by atoms with Gasteiger partial charge in [0, 0.05) is 58.7 Å². The summed E-state index contributed by atoms with van der Waals surface area (Å²) in [5, 5.41) is 3.36. The van der Waals surface area contributed by atoms with E-state index in [0.29, 0.717) is 38.0 Å². The quantitative estimate of drug-likeness (QED) is 0.487. The van der Waals surface area contributed by atoms with Crippen LogP contribution in [-0.2, 0) is 20.9 Å². The van der Waals surface area contributed by atoms with Gasteiger partial charge in [0.25, 0.3) is 0 Å². The van der Waals surface area contributed by atoms with Gasteiger partial charge >= 0.3 is 6.09 Å². The van der Waals surface area contributed by atoms with Gasteiger partial charge in [-0.2, -0.15) is 4.98 Å². The molecule has 198 valence electrons. The SMILES string of the molecule is C=CC(=O)N1CCN(C(CCOC)c2ccc([C@@H](C)Nc3ncc4c(n3)N(CC)C(=O)OC4)cc2)CC1. The van der Waals surface area contributed by atoms with Crippen molar-refractivity contribution < 1.29 is 19.1 Å². The van der Waals surface area contributed by atoms with E-state index in [1.54, 1.807) is 13.3 Å². The summed E-state index contributed by atoms with van der Waals surface area (Å²) in [6.45, 7) is 11.9. The zero-order valence-corrected chi connectivity index (χ0v) is 21.9. The second-order valence-electron chi connectivity index (χ2n) is 9.24. The molecule has 2 amide bonds. The fourth-order valence-corrected chi connectivity index (χ4v) is 4.84. The number of methoxy groups -OCH3 is 1. The molecule has 2 aliphatic heterocycles. The molecule has 3 heterocycles. The lowest BCUT2D eigenvalue weighted by molar-refractivity contribution is -0.128. The summed E-state index contributed by atoms with van der Waals surface area (Å²) in [5.41, 5.74) is 3.11. The fraction of sp³-hybridized carbons (Fsp3) is 0.481. The van der Waals surface area contributed by atoms with Crippen LogP contribution in [0.4, 0.5) is 16.6 Å². The summed E-state index contributed by atoms with van der Waals surface area (Å²) in [7, 11) is 1.72. The Morgan fingerprint density at radius 1 is 1.22 bits per heavy atom. The van der Waals surface area contributed by atoms with Crippen LogP contribution < -0.4 is 10.2 Å². The van der Waals surface area contributed by atoms with E-state index >= 15 is 0 Å². The first-order valence-corrected chi connectivity index (χ1v) is 12.8. The van der Waals surface area contributed by atoms with E-state index in [2.05, 4.69) is 58.0 Å². The zero-order chi connectivity index (χ0) is 26.4. The van der Waals surface area contributed by atoms with Crippen molar-refractivity contribution in [1.82, 2.24) is 19.8 Å². The van der Waals surface area contributed by atoms with Crippen molar-refractivity contribution in [2.24, 2.45) is 0 Å². The molecular formula is C27H36N6O4. The molecule has 2 aliphatic rings. The number of fused-ring (bicyclic) bond motifs is 1. The number of carbonyl (C=O) groups is 2. The smallest absolute Gasteiger partial charge is 0.415 e. The van der Waals surface area contributed by atoms with E-state index in [9.17, 15) is 9.59 Å². The molecular weight excluding hydrogens is 472 g/mol.